The number of nitrogens with zero attached hydrogens (tertiary/aromatic N) is 3. The number of nitrogens with two attached hydrogens (primary N) is 1. The van der Waals surface area contributed by atoms with Crippen molar-refractivity contribution in [2.45, 2.75) is 26.9 Å². The predicted octanol–water partition coefficient (Wildman–Crippen LogP) is 0.393. The fraction of sp³-hybridized carbons (Fsp3) is 0.714. The van der Waals surface area contributed by atoms with Gasteiger partial charge >= 0.3 is 0 Å². The van der Waals surface area contributed by atoms with E-state index in [1.54, 1.807) is 6.33 Å². The molecule has 0 atom stereocenters. The van der Waals surface area contributed by atoms with Gasteiger partial charge in [-0.15, -0.1) is 0 Å². The van der Waals surface area contributed by atoms with Crippen molar-refractivity contribution in [2.24, 2.45) is 11.7 Å². The first-order valence-electron chi connectivity index (χ1n) is 3.80. The lowest BCUT2D eigenvalue weighted by Crippen LogP contribution is -2.06. The molecule has 4 nitrogen and oxygen atoms in total. The van der Waals surface area contributed by atoms with E-state index < -0.39 is 0 Å². The van der Waals surface area contributed by atoms with Crippen molar-refractivity contribution in [3.63, 3.8) is 0 Å². The fourth-order valence-electron chi connectivity index (χ4n) is 0.889. The van der Waals surface area contributed by atoms with Crippen LogP contribution in [0.25, 0.3) is 0 Å². The first-order chi connectivity index (χ1) is 5.22. The zero-order valence-corrected chi connectivity index (χ0v) is 6.99. The van der Waals surface area contributed by atoms with Gasteiger partial charge in [-0.05, 0) is 5.92 Å². The average Bonchev–Trinajstić information content (AvgIpc) is 2.34. The van der Waals surface area contributed by atoms with Crippen LogP contribution in [-0.2, 0) is 13.1 Å². The van der Waals surface area contributed by atoms with Gasteiger partial charge in [-0.1, -0.05) is 13.8 Å². The van der Waals surface area contributed by atoms with E-state index in [4.69, 9.17) is 5.73 Å². The number of hydrogen-bond donors (Lipinski definition) is 1. The SMILES string of the molecule is CC(C)Cn1cnc(CN)n1. The van der Waals surface area contributed by atoms with Gasteiger partial charge in [0.05, 0.1) is 6.54 Å². The molecule has 0 aliphatic carbocycles. The summed E-state index contributed by atoms with van der Waals surface area (Å²) in [6.07, 6.45) is 1.72. The second kappa shape index (κ2) is 3.48. The molecule has 0 saturated heterocycles. The molecule has 4 heteroatoms. The topological polar surface area (TPSA) is 56.7 Å². The molecule has 0 fully saturated rings. The third-order valence-electron chi connectivity index (χ3n) is 1.32. The molecule has 62 valence electrons. The molecule has 0 aromatic carbocycles. The minimum atomic E-state index is 0.422. The maximum Gasteiger partial charge on any atom is 0.164 e. The molecule has 0 aliphatic rings. The number of hydrogen-bond acceptors (Lipinski definition) is 3. The van der Waals surface area contributed by atoms with Crippen molar-refractivity contribution >= 4 is 0 Å². The molecular formula is C7H14N4. The molecule has 0 radical (unpaired) electrons. The van der Waals surface area contributed by atoms with Crippen LogP contribution in [0.15, 0.2) is 6.33 Å². The third-order valence-corrected chi connectivity index (χ3v) is 1.32. The van der Waals surface area contributed by atoms with Gasteiger partial charge < -0.3 is 5.73 Å². The summed E-state index contributed by atoms with van der Waals surface area (Å²) < 4.78 is 1.83. The lowest BCUT2D eigenvalue weighted by molar-refractivity contribution is 0.479. The summed E-state index contributed by atoms with van der Waals surface area (Å²) in [5.41, 5.74) is 5.36. The lowest BCUT2D eigenvalue weighted by atomic mass is 10.2. The van der Waals surface area contributed by atoms with Crippen molar-refractivity contribution in [3.8, 4) is 0 Å². The summed E-state index contributed by atoms with van der Waals surface area (Å²) in [6.45, 7) is 5.62. The number of rotatable bonds is 3. The van der Waals surface area contributed by atoms with Gasteiger partial charge in [-0.2, -0.15) is 5.10 Å². The van der Waals surface area contributed by atoms with Gasteiger partial charge in [0.2, 0.25) is 0 Å². The highest BCUT2D eigenvalue weighted by molar-refractivity contribution is 4.79. The minimum Gasteiger partial charge on any atom is -0.324 e. The second-order valence-corrected chi connectivity index (χ2v) is 2.98. The zero-order valence-electron chi connectivity index (χ0n) is 6.99. The van der Waals surface area contributed by atoms with Crippen molar-refractivity contribution < 1.29 is 0 Å². The Morgan fingerprint density at radius 3 is 2.82 bits per heavy atom. The highest BCUT2D eigenvalue weighted by Gasteiger charge is 1.99. The van der Waals surface area contributed by atoms with E-state index in [2.05, 4.69) is 23.9 Å². The Kier molecular flexibility index (Phi) is 2.59. The van der Waals surface area contributed by atoms with E-state index in [-0.39, 0.29) is 0 Å². The summed E-state index contributed by atoms with van der Waals surface area (Å²) in [7, 11) is 0. The maximum atomic E-state index is 5.36. The Labute approximate surface area is 66.4 Å². The van der Waals surface area contributed by atoms with Gasteiger partial charge in [0.25, 0.3) is 0 Å². The summed E-state index contributed by atoms with van der Waals surface area (Å²) in [6, 6.07) is 0. The predicted molar refractivity (Wildman–Crippen MR) is 42.8 cm³/mol. The Morgan fingerprint density at radius 2 is 2.36 bits per heavy atom. The van der Waals surface area contributed by atoms with Crippen LogP contribution in [-0.4, -0.2) is 14.8 Å². The highest BCUT2D eigenvalue weighted by atomic mass is 15.3. The Hall–Kier alpha value is -0.900. The molecule has 1 aromatic heterocycles. The van der Waals surface area contributed by atoms with Crippen LogP contribution in [0, 0.1) is 5.92 Å². The number of aromatic nitrogens is 3. The fourth-order valence-corrected chi connectivity index (χ4v) is 0.889. The van der Waals surface area contributed by atoms with Gasteiger partial charge in [0.1, 0.15) is 6.33 Å². The van der Waals surface area contributed by atoms with Crippen LogP contribution < -0.4 is 5.73 Å². The summed E-state index contributed by atoms with van der Waals surface area (Å²) in [4.78, 5) is 4.01. The second-order valence-electron chi connectivity index (χ2n) is 2.98. The van der Waals surface area contributed by atoms with Gasteiger partial charge in [-0.3, -0.25) is 4.68 Å². The first-order valence-corrected chi connectivity index (χ1v) is 3.80. The first kappa shape index (κ1) is 8.20. The molecule has 0 saturated carbocycles. The Bertz CT molecular complexity index is 216. The van der Waals surface area contributed by atoms with Gasteiger partial charge in [-0.25, -0.2) is 4.98 Å². The van der Waals surface area contributed by atoms with Gasteiger partial charge in [0.15, 0.2) is 5.82 Å². The molecular weight excluding hydrogens is 140 g/mol. The summed E-state index contributed by atoms with van der Waals surface area (Å²) in [5.74, 6) is 1.31. The maximum absolute atomic E-state index is 5.36. The normalized spacial score (nSPS) is 10.9. The molecule has 0 spiro atoms. The Balaban J connectivity index is 2.58. The average molecular weight is 154 g/mol. The van der Waals surface area contributed by atoms with Crippen molar-refractivity contribution in [2.75, 3.05) is 0 Å². The monoisotopic (exact) mass is 154 g/mol. The van der Waals surface area contributed by atoms with E-state index in [1.165, 1.54) is 0 Å². The van der Waals surface area contributed by atoms with E-state index in [0.717, 1.165) is 6.54 Å². The molecule has 1 aromatic rings. The molecule has 1 heterocycles. The smallest absolute Gasteiger partial charge is 0.164 e. The Morgan fingerprint density at radius 1 is 1.64 bits per heavy atom. The third kappa shape index (κ3) is 2.31. The van der Waals surface area contributed by atoms with Crippen LogP contribution in [0.1, 0.15) is 19.7 Å². The van der Waals surface area contributed by atoms with Crippen LogP contribution in [0.2, 0.25) is 0 Å². The van der Waals surface area contributed by atoms with Crippen molar-refractivity contribution in [1.29, 1.82) is 0 Å². The lowest BCUT2D eigenvalue weighted by Gasteiger charge is -2.01. The zero-order chi connectivity index (χ0) is 8.27. The summed E-state index contributed by atoms with van der Waals surface area (Å²) >= 11 is 0. The van der Waals surface area contributed by atoms with Crippen molar-refractivity contribution in [1.82, 2.24) is 14.8 Å². The quantitative estimate of drug-likeness (QED) is 0.685. The largest absolute Gasteiger partial charge is 0.324 e. The van der Waals surface area contributed by atoms with E-state index in [1.807, 2.05) is 4.68 Å². The van der Waals surface area contributed by atoms with E-state index in [9.17, 15) is 0 Å². The molecule has 2 N–H and O–H groups in total. The van der Waals surface area contributed by atoms with Crippen molar-refractivity contribution in [3.05, 3.63) is 12.2 Å². The van der Waals surface area contributed by atoms with Gasteiger partial charge in [0, 0.05) is 6.54 Å². The molecule has 1 rings (SSSR count). The van der Waals surface area contributed by atoms with E-state index >= 15 is 0 Å². The van der Waals surface area contributed by atoms with Crippen LogP contribution in [0.5, 0.6) is 0 Å². The van der Waals surface area contributed by atoms with Crippen LogP contribution in [0.4, 0.5) is 0 Å². The molecule has 0 bridgehead atoms. The molecule has 0 amide bonds. The van der Waals surface area contributed by atoms with Crippen LogP contribution in [0.3, 0.4) is 0 Å². The van der Waals surface area contributed by atoms with E-state index in [0.29, 0.717) is 18.3 Å². The van der Waals surface area contributed by atoms with Crippen LogP contribution >= 0.6 is 0 Å². The molecule has 0 aliphatic heterocycles. The molecule has 0 unspecified atom stereocenters. The summed E-state index contributed by atoms with van der Waals surface area (Å²) in [5, 5.41) is 4.15. The minimum absolute atomic E-state index is 0.422. The highest BCUT2D eigenvalue weighted by Crippen LogP contribution is 1.96. The standard InChI is InChI=1S/C7H14N4/c1-6(2)4-11-5-9-7(3-8)10-11/h5-6H,3-4,8H2,1-2H3. The molecule has 11 heavy (non-hydrogen) atoms.